The summed E-state index contributed by atoms with van der Waals surface area (Å²) < 4.78 is 7.10. The van der Waals surface area contributed by atoms with Crippen LogP contribution < -0.4 is 4.74 Å². The average molecular weight is 274 g/mol. The van der Waals surface area contributed by atoms with Gasteiger partial charge >= 0.3 is 0 Å². The van der Waals surface area contributed by atoms with Crippen LogP contribution in [0.3, 0.4) is 0 Å². The first-order valence-electron chi connectivity index (χ1n) is 6.85. The normalized spacial score (nSPS) is 12.5. The molecule has 0 aliphatic heterocycles. The van der Waals surface area contributed by atoms with E-state index in [0.29, 0.717) is 18.0 Å². The summed E-state index contributed by atoms with van der Waals surface area (Å²) in [6.07, 6.45) is 0.921. The molecule has 4 nitrogen and oxygen atoms in total. The highest BCUT2D eigenvalue weighted by molar-refractivity contribution is 5.42. The summed E-state index contributed by atoms with van der Waals surface area (Å²) in [6.45, 7) is 8.84. The number of aryl methyl sites for hydroxylation is 4. The fraction of sp³-hybridized carbons (Fsp3) is 0.438. The predicted molar refractivity (Wildman–Crippen MR) is 79.2 cm³/mol. The summed E-state index contributed by atoms with van der Waals surface area (Å²) in [6, 6.07) is 4.15. The number of rotatable bonds is 4. The fourth-order valence-corrected chi connectivity index (χ4v) is 2.49. The van der Waals surface area contributed by atoms with Crippen LogP contribution in [0.1, 0.15) is 41.0 Å². The third-order valence-electron chi connectivity index (χ3n) is 3.80. The molecule has 1 aromatic carbocycles. The molecule has 108 valence electrons. The molecular weight excluding hydrogens is 252 g/mol. The van der Waals surface area contributed by atoms with Gasteiger partial charge in [0.1, 0.15) is 11.8 Å². The fourth-order valence-electron chi connectivity index (χ4n) is 2.49. The lowest BCUT2D eigenvalue weighted by Crippen LogP contribution is -2.11. The van der Waals surface area contributed by atoms with E-state index >= 15 is 0 Å². The smallest absolute Gasteiger partial charge is 0.163 e. The second-order valence-electron chi connectivity index (χ2n) is 5.11. The minimum Gasteiger partial charge on any atom is -0.493 e. The highest BCUT2D eigenvalue weighted by atomic mass is 16.5. The Balaban J connectivity index is 2.53. The molecule has 0 aliphatic rings. The Morgan fingerprint density at radius 1 is 1.20 bits per heavy atom. The molecule has 0 fully saturated rings. The number of hydrogen-bond donors (Lipinski definition) is 1. The summed E-state index contributed by atoms with van der Waals surface area (Å²) in [5.74, 6) is 0.622. The molecule has 0 aliphatic carbocycles. The van der Waals surface area contributed by atoms with Crippen LogP contribution in [0.4, 0.5) is 0 Å². The minimum atomic E-state index is -0.730. The van der Waals surface area contributed by atoms with Gasteiger partial charge in [-0.15, -0.1) is 0 Å². The maximum Gasteiger partial charge on any atom is 0.163 e. The molecule has 20 heavy (non-hydrogen) atoms. The van der Waals surface area contributed by atoms with E-state index in [4.69, 9.17) is 4.74 Å². The molecule has 0 spiro atoms. The van der Waals surface area contributed by atoms with Gasteiger partial charge in [0.05, 0.1) is 13.3 Å². The number of nitrogens with zero attached hydrogens (tertiary/aromatic N) is 2. The quantitative estimate of drug-likeness (QED) is 0.932. The molecule has 0 saturated carbocycles. The maximum absolute atomic E-state index is 10.8. The topological polar surface area (TPSA) is 47.3 Å². The highest BCUT2D eigenvalue weighted by Gasteiger charge is 2.22. The minimum absolute atomic E-state index is 0.622. The number of aliphatic hydroxyl groups is 1. The Bertz CT molecular complexity index is 596. The summed E-state index contributed by atoms with van der Waals surface area (Å²) in [5, 5.41) is 15.0. The van der Waals surface area contributed by atoms with Gasteiger partial charge in [-0.1, -0.05) is 12.1 Å². The van der Waals surface area contributed by atoms with Crippen molar-refractivity contribution in [3.63, 3.8) is 0 Å². The van der Waals surface area contributed by atoms with Gasteiger partial charge in [0.25, 0.3) is 0 Å². The van der Waals surface area contributed by atoms with Gasteiger partial charge in [-0.05, 0) is 49.9 Å². The summed E-state index contributed by atoms with van der Waals surface area (Å²) in [7, 11) is 1.60. The third kappa shape index (κ3) is 2.43. The Morgan fingerprint density at radius 2 is 1.85 bits per heavy atom. The monoisotopic (exact) mass is 274 g/mol. The van der Waals surface area contributed by atoms with Crippen molar-refractivity contribution in [1.82, 2.24) is 9.78 Å². The van der Waals surface area contributed by atoms with Gasteiger partial charge in [0.2, 0.25) is 0 Å². The van der Waals surface area contributed by atoms with Crippen molar-refractivity contribution in [2.45, 2.75) is 40.3 Å². The van der Waals surface area contributed by atoms with E-state index in [1.165, 1.54) is 11.1 Å². The van der Waals surface area contributed by atoms with Crippen LogP contribution >= 0.6 is 0 Å². The number of ether oxygens (including phenoxy) is 1. The summed E-state index contributed by atoms with van der Waals surface area (Å²) >= 11 is 0. The van der Waals surface area contributed by atoms with E-state index in [-0.39, 0.29) is 0 Å². The first kappa shape index (κ1) is 14.6. The highest BCUT2D eigenvalue weighted by Crippen LogP contribution is 2.32. The van der Waals surface area contributed by atoms with Gasteiger partial charge in [-0.2, -0.15) is 5.10 Å². The van der Waals surface area contributed by atoms with Crippen molar-refractivity contribution in [2.24, 2.45) is 0 Å². The van der Waals surface area contributed by atoms with Crippen molar-refractivity contribution < 1.29 is 9.84 Å². The van der Waals surface area contributed by atoms with Crippen LogP contribution in [-0.2, 0) is 6.54 Å². The second-order valence-corrected chi connectivity index (χ2v) is 5.11. The molecule has 1 heterocycles. The molecule has 2 aromatic rings. The van der Waals surface area contributed by atoms with Gasteiger partial charge in [0, 0.05) is 6.54 Å². The van der Waals surface area contributed by atoms with Crippen molar-refractivity contribution >= 4 is 0 Å². The zero-order chi connectivity index (χ0) is 14.9. The molecule has 1 unspecified atom stereocenters. The van der Waals surface area contributed by atoms with Crippen molar-refractivity contribution in [1.29, 1.82) is 0 Å². The summed E-state index contributed by atoms with van der Waals surface area (Å²) in [4.78, 5) is 0. The molecule has 0 bridgehead atoms. The number of aliphatic hydroxyl groups excluding tert-OH is 1. The molecule has 1 atom stereocenters. The van der Waals surface area contributed by atoms with Gasteiger partial charge < -0.3 is 9.84 Å². The van der Waals surface area contributed by atoms with Crippen LogP contribution in [0.15, 0.2) is 18.3 Å². The van der Waals surface area contributed by atoms with Crippen molar-refractivity contribution in [3.05, 3.63) is 46.3 Å². The van der Waals surface area contributed by atoms with Crippen LogP contribution in [0.2, 0.25) is 0 Å². The zero-order valence-corrected chi connectivity index (χ0v) is 12.8. The van der Waals surface area contributed by atoms with Crippen molar-refractivity contribution in [2.75, 3.05) is 7.11 Å². The van der Waals surface area contributed by atoms with Crippen LogP contribution in [0.5, 0.6) is 5.75 Å². The van der Waals surface area contributed by atoms with Crippen LogP contribution in [0.25, 0.3) is 0 Å². The predicted octanol–water partition coefficient (Wildman–Crippen LogP) is 2.92. The van der Waals surface area contributed by atoms with Gasteiger partial charge in [-0.25, -0.2) is 0 Å². The van der Waals surface area contributed by atoms with Crippen LogP contribution in [0, 0.1) is 20.8 Å². The molecule has 1 N–H and O–H groups in total. The number of hydrogen-bond acceptors (Lipinski definition) is 3. The first-order valence-corrected chi connectivity index (χ1v) is 6.85. The Morgan fingerprint density at radius 3 is 2.45 bits per heavy atom. The molecule has 0 radical (unpaired) electrons. The van der Waals surface area contributed by atoms with E-state index in [0.717, 1.165) is 11.1 Å². The van der Waals surface area contributed by atoms with Gasteiger partial charge in [0.15, 0.2) is 5.75 Å². The van der Waals surface area contributed by atoms with E-state index < -0.39 is 6.10 Å². The molecule has 0 saturated heterocycles. The number of methoxy groups -OCH3 is 1. The standard InChI is InChI=1S/C16H22N2O2/c1-6-18-15(14(20-5)9-17-18)16(19)13-8-11(3)10(2)7-12(13)4/h7-9,16,19H,6H2,1-5H3. The molecule has 1 aromatic heterocycles. The molecular formula is C16H22N2O2. The lowest BCUT2D eigenvalue weighted by atomic mass is 9.95. The van der Waals surface area contributed by atoms with Crippen LogP contribution in [-0.4, -0.2) is 22.0 Å². The first-order chi connectivity index (χ1) is 9.49. The maximum atomic E-state index is 10.8. The van der Waals surface area contributed by atoms with Crippen molar-refractivity contribution in [3.8, 4) is 5.75 Å². The number of benzene rings is 1. The Kier molecular flexibility index (Phi) is 4.14. The summed E-state index contributed by atoms with van der Waals surface area (Å²) in [5.41, 5.74) is 5.09. The zero-order valence-electron chi connectivity index (χ0n) is 12.8. The Hall–Kier alpha value is -1.81. The lowest BCUT2D eigenvalue weighted by Gasteiger charge is -2.18. The second kappa shape index (κ2) is 5.67. The largest absolute Gasteiger partial charge is 0.493 e. The molecule has 0 amide bonds. The average Bonchev–Trinajstić information content (AvgIpc) is 2.85. The van der Waals surface area contributed by atoms with E-state index in [1.807, 2.05) is 19.9 Å². The third-order valence-corrected chi connectivity index (χ3v) is 3.80. The Labute approximate surface area is 120 Å². The molecule has 2 rings (SSSR count). The van der Waals surface area contributed by atoms with E-state index in [2.05, 4.69) is 25.0 Å². The van der Waals surface area contributed by atoms with Gasteiger partial charge in [-0.3, -0.25) is 4.68 Å². The lowest BCUT2D eigenvalue weighted by molar-refractivity contribution is 0.202. The van der Waals surface area contributed by atoms with E-state index in [9.17, 15) is 5.11 Å². The molecule has 4 heteroatoms. The number of aromatic nitrogens is 2. The van der Waals surface area contributed by atoms with E-state index in [1.54, 1.807) is 18.0 Å². The SMILES string of the molecule is CCn1ncc(OC)c1C(O)c1cc(C)c(C)cc1C.